The van der Waals surface area contributed by atoms with Crippen LogP contribution in [-0.4, -0.2) is 6.54 Å². The van der Waals surface area contributed by atoms with E-state index >= 15 is 0 Å². The van der Waals surface area contributed by atoms with Gasteiger partial charge in [0, 0.05) is 5.02 Å². The summed E-state index contributed by atoms with van der Waals surface area (Å²) in [6, 6.07) is 6.18. The summed E-state index contributed by atoms with van der Waals surface area (Å²) in [5.41, 5.74) is 7.96. The molecule has 1 nitrogen and oxygen atoms in total. The lowest BCUT2D eigenvalue weighted by molar-refractivity contribution is 0.593. The third-order valence-corrected chi connectivity index (χ3v) is 2.53. The molecule has 1 unspecified atom stereocenters. The molecule has 0 aromatic heterocycles. The van der Waals surface area contributed by atoms with Crippen LogP contribution in [0.1, 0.15) is 18.1 Å². The lowest BCUT2D eigenvalue weighted by Crippen LogP contribution is -2.13. The summed E-state index contributed by atoms with van der Waals surface area (Å²) in [6.45, 7) is 4.89. The summed E-state index contributed by atoms with van der Waals surface area (Å²) in [5, 5.41) is 0.861. The minimum atomic E-state index is 0.500. The van der Waals surface area contributed by atoms with Crippen LogP contribution in [0, 0.1) is 12.8 Å². The molecule has 1 rings (SSSR count). The highest BCUT2D eigenvalue weighted by molar-refractivity contribution is 6.31. The van der Waals surface area contributed by atoms with E-state index in [1.54, 1.807) is 0 Å². The molecule has 1 atom stereocenters. The van der Waals surface area contributed by atoms with Crippen molar-refractivity contribution in [3.8, 4) is 0 Å². The highest BCUT2D eigenvalue weighted by Gasteiger charge is 2.04. The molecule has 0 amide bonds. The van der Waals surface area contributed by atoms with Crippen molar-refractivity contribution in [1.82, 2.24) is 0 Å². The Kier molecular flexibility index (Phi) is 3.76. The summed E-state index contributed by atoms with van der Waals surface area (Å²) < 4.78 is 0. The van der Waals surface area contributed by atoms with Crippen LogP contribution in [0.5, 0.6) is 0 Å². The van der Waals surface area contributed by atoms with Gasteiger partial charge in [0.1, 0.15) is 0 Å². The molecule has 0 aliphatic rings. The van der Waals surface area contributed by atoms with Crippen molar-refractivity contribution in [1.29, 1.82) is 0 Å². The normalized spacial score (nSPS) is 12.9. The molecule has 0 spiro atoms. The minimum Gasteiger partial charge on any atom is -0.330 e. The van der Waals surface area contributed by atoms with E-state index in [0.29, 0.717) is 12.5 Å². The molecule has 0 bridgehead atoms. The van der Waals surface area contributed by atoms with Crippen molar-refractivity contribution in [3.63, 3.8) is 0 Å². The second-order valence-electron chi connectivity index (χ2n) is 3.64. The van der Waals surface area contributed by atoms with E-state index in [0.717, 1.165) is 11.4 Å². The van der Waals surface area contributed by atoms with Gasteiger partial charge in [-0.25, -0.2) is 0 Å². The molecular formula is C11H16ClN. The number of nitrogens with two attached hydrogens (primary N) is 1. The molecule has 0 fully saturated rings. The molecule has 0 saturated heterocycles. The lowest BCUT2D eigenvalue weighted by Gasteiger charge is -2.10. The zero-order chi connectivity index (χ0) is 9.84. The van der Waals surface area contributed by atoms with Crippen LogP contribution in [0.15, 0.2) is 18.2 Å². The van der Waals surface area contributed by atoms with Crippen LogP contribution in [0.4, 0.5) is 0 Å². The van der Waals surface area contributed by atoms with Gasteiger partial charge in [-0.05, 0) is 43.0 Å². The van der Waals surface area contributed by atoms with Crippen molar-refractivity contribution in [2.24, 2.45) is 11.7 Å². The molecule has 0 aliphatic heterocycles. The first-order valence-electron chi connectivity index (χ1n) is 4.58. The Balaban J connectivity index is 2.77. The fraction of sp³-hybridized carbons (Fsp3) is 0.455. The van der Waals surface area contributed by atoms with Gasteiger partial charge in [-0.15, -0.1) is 0 Å². The van der Waals surface area contributed by atoms with E-state index in [2.05, 4.69) is 19.1 Å². The van der Waals surface area contributed by atoms with Crippen molar-refractivity contribution in [3.05, 3.63) is 34.3 Å². The standard InChI is InChI=1S/C11H16ClN/c1-8-3-4-10(11(12)6-8)5-9(2)7-13/h3-4,6,9H,5,7,13H2,1-2H3. The van der Waals surface area contributed by atoms with Crippen LogP contribution >= 0.6 is 11.6 Å². The van der Waals surface area contributed by atoms with Crippen molar-refractivity contribution < 1.29 is 0 Å². The smallest absolute Gasteiger partial charge is 0.0440 e. The SMILES string of the molecule is Cc1ccc(CC(C)CN)c(Cl)c1. The monoisotopic (exact) mass is 197 g/mol. The zero-order valence-corrected chi connectivity index (χ0v) is 8.93. The first-order chi connectivity index (χ1) is 6.13. The van der Waals surface area contributed by atoms with Gasteiger partial charge in [-0.1, -0.05) is 30.7 Å². The predicted molar refractivity (Wildman–Crippen MR) is 58.1 cm³/mol. The molecule has 2 N–H and O–H groups in total. The first kappa shape index (κ1) is 10.6. The Labute approximate surface area is 84.9 Å². The Bertz CT molecular complexity index is 283. The van der Waals surface area contributed by atoms with Gasteiger partial charge in [0.05, 0.1) is 0 Å². The summed E-state index contributed by atoms with van der Waals surface area (Å²) in [4.78, 5) is 0. The van der Waals surface area contributed by atoms with Crippen LogP contribution < -0.4 is 5.73 Å². The topological polar surface area (TPSA) is 26.0 Å². The second kappa shape index (κ2) is 4.64. The number of halogens is 1. The number of benzene rings is 1. The van der Waals surface area contributed by atoms with E-state index in [1.807, 2.05) is 13.0 Å². The van der Waals surface area contributed by atoms with Crippen molar-refractivity contribution >= 4 is 11.6 Å². The minimum absolute atomic E-state index is 0.500. The number of aryl methyl sites for hydroxylation is 1. The summed E-state index contributed by atoms with van der Waals surface area (Å²) >= 11 is 6.09. The average molecular weight is 198 g/mol. The Morgan fingerprint density at radius 2 is 2.15 bits per heavy atom. The van der Waals surface area contributed by atoms with Gasteiger partial charge in [0.15, 0.2) is 0 Å². The molecule has 0 saturated carbocycles. The quantitative estimate of drug-likeness (QED) is 0.793. The average Bonchev–Trinajstić information content (AvgIpc) is 2.09. The summed E-state index contributed by atoms with van der Waals surface area (Å²) in [6.07, 6.45) is 0.968. The summed E-state index contributed by atoms with van der Waals surface area (Å²) in [7, 11) is 0. The van der Waals surface area contributed by atoms with Crippen LogP contribution in [-0.2, 0) is 6.42 Å². The Hall–Kier alpha value is -0.530. The molecule has 72 valence electrons. The zero-order valence-electron chi connectivity index (χ0n) is 8.18. The lowest BCUT2D eigenvalue weighted by atomic mass is 10.0. The molecule has 1 aromatic carbocycles. The first-order valence-corrected chi connectivity index (χ1v) is 4.96. The fourth-order valence-corrected chi connectivity index (χ4v) is 1.59. The second-order valence-corrected chi connectivity index (χ2v) is 4.05. The molecule has 13 heavy (non-hydrogen) atoms. The maximum atomic E-state index is 6.09. The summed E-state index contributed by atoms with van der Waals surface area (Å²) in [5.74, 6) is 0.500. The van der Waals surface area contributed by atoms with Crippen molar-refractivity contribution in [2.45, 2.75) is 20.3 Å². The van der Waals surface area contributed by atoms with Gasteiger partial charge in [-0.2, -0.15) is 0 Å². The van der Waals surface area contributed by atoms with E-state index in [4.69, 9.17) is 17.3 Å². The van der Waals surface area contributed by atoms with Crippen LogP contribution in [0.2, 0.25) is 5.02 Å². The number of hydrogen-bond acceptors (Lipinski definition) is 1. The van der Waals surface area contributed by atoms with E-state index in [-0.39, 0.29) is 0 Å². The maximum absolute atomic E-state index is 6.09. The van der Waals surface area contributed by atoms with Gasteiger partial charge < -0.3 is 5.73 Å². The number of rotatable bonds is 3. The molecule has 0 heterocycles. The predicted octanol–water partition coefficient (Wildman–Crippen LogP) is 2.79. The van der Waals surface area contributed by atoms with E-state index in [1.165, 1.54) is 11.1 Å². The largest absolute Gasteiger partial charge is 0.330 e. The molecule has 2 heteroatoms. The van der Waals surface area contributed by atoms with Gasteiger partial charge in [-0.3, -0.25) is 0 Å². The number of hydrogen-bond donors (Lipinski definition) is 1. The molecule has 0 aliphatic carbocycles. The maximum Gasteiger partial charge on any atom is 0.0440 e. The third kappa shape index (κ3) is 3.02. The van der Waals surface area contributed by atoms with Gasteiger partial charge in [0.2, 0.25) is 0 Å². The van der Waals surface area contributed by atoms with Crippen molar-refractivity contribution in [2.75, 3.05) is 6.54 Å². The van der Waals surface area contributed by atoms with Crippen LogP contribution in [0.25, 0.3) is 0 Å². The van der Waals surface area contributed by atoms with E-state index in [9.17, 15) is 0 Å². The fourth-order valence-electron chi connectivity index (χ4n) is 1.28. The van der Waals surface area contributed by atoms with Crippen LogP contribution in [0.3, 0.4) is 0 Å². The third-order valence-electron chi connectivity index (χ3n) is 2.18. The van der Waals surface area contributed by atoms with E-state index < -0.39 is 0 Å². The molecule has 1 aromatic rings. The molecular weight excluding hydrogens is 182 g/mol. The Morgan fingerprint density at radius 3 is 2.69 bits per heavy atom. The van der Waals surface area contributed by atoms with Gasteiger partial charge >= 0.3 is 0 Å². The highest BCUT2D eigenvalue weighted by Crippen LogP contribution is 2.20. The van der Waals surface area contributed by atoms with Gasteiger partial charge in [0.25, 0.3) is 0 Å². The highest BCUT2D eigenvalue weighted by atomic mass is 35.5. The Morgan fingerprint density at radius 1 is 1.46 bits per heavy atom. The molecule has 0 radical (unpaired) electrons.